The zero-order valence-electron chi connectivity index (χ0n) is 12.7. The van der Waals surface area contributed by atoms with E-state index >= 15 is 0 Å². The van der Waals surface area contributed by atoms with Gasteiger partial charge >= 0.3 is 5.97 Å². The van der Waals surface area contributed by atoms with E-state index in [1.165, 1.54) is 12.8 Å². The van der Waals surface area contributed by atoms with E-state index in [0.29, 0.717) is 12.5 Å². The Kier molecular flexibility index (Phi) is 6.75. The van der Waals surface area contributed by atoms with Gasteiger partial charge in [-0.15, -0.1) is 0 Å². The van der Waals surface area contributed by atoms with Crippen molar-refractivity contribution in [2.75, 3.05) is 33.7 Å². The SMILES string of the molecule is CC(C)NC(CCN1CCCC(N(C)C)C1)C(=O)O. The maximum atomic E-state index is 11.2. The lowest BCUT2D eigenvalue weighted by Gasteiger charge is -2.36. The summed E-state index contributed by atoms with van der Waals surface area (Å²) in [5.41, 5.74) is 0. The van der Waals surface area contributed by atoms with Gasteiger partial charge in [-0.3, -0.25) is 4.79 Å². The lowest BCUT2D eigenvalue weighted by Crippen LogP contribution is -2.48. The molecule has 0 spiro atoms. The molecule has 0 bridgehead atoms. The van der Waals surface area contributed by atoms with Crippen molar-refractivity contribution in [2.45, 2.75) is 51.2 Å². The maximum absolute atomic E-state index is 11.2. The molecule has 0 aromatic carbocycles. The number of likely N-dealkylation sites (tertiary alicyclic amines) is 1. The number of carboxylic acids is 1. The zero-order chi connectivity index (χ0) is 14.4. The number of aliphatic carboxylic acids is 1. The molecule has 1 aliphatic rings. The lowest BCUT2D eigenvalue weighted by molar-refractivity contribution is -0.140. The Morgan fingerprint density at radius 1 is 1.47 bits per heavy atom. The summed E-state index contributed by atoms with van der Waals surface area (Å²) in [5.74, 6) is -0.741. The van der Waals surface area contributed by atoms with Gasteiger partial charge in [-0.2, -0.15) is 0 Å². The van der Waals surface area contributed by atoms with Crippen LogP contribution >= 0.6 is 0 Å². The molecule has 1 rings (SSSR count). The summed E-state index contributed by atoms with van der Waals surface area (Å²) in [4.78, 5) is 15.9. The van der Waals surface area contributed by atoms with E-state index in [0.717, 1.165) is 19.6 Å². The third-order valence-electron chi connectivity index (χ3n) is 3.78. The van der Waals surface area contributed by atoms with Gasteiger partial charge in [0.05, 0.1) is 0 Å². The van der Waals surface area contributed by atoms with Gasteiger partial charge in [0.1, 0.15) is 6.04 Å². The predicted octanol–water partition coefficient (Wildman–Crippen LogP) is 0.854. The topological polar surface area (TPSA) is 55.8 Å². The van der Waals surface area contributed by atoms with Crippen molar-refractivity contribution >= 4 is 5.97 Å². The molecule has 2 atom stereocenters. The number of likely N-dealkylation sites (N-methyl/N-ethyl adjacent to an activating group) is 1. The van der Waals surface area contributed by atoms with Gasteiger partial charge in [-0.25, -0.2) is 0 Å². The molecule has 5 heteroatoms. The van der Waals surface area contributed by atoms with Crippen LogP contribution in [0.5, 0.6) is 0 Å². The molecule has 0 radical (unpaired) electrons. The molecule has 1 heterocycles. The highest BCUT2D eigenvalue weighted by molar-refractivity contribution is 5.73. The van der Waals surface area contributed by atoms with Crippen LogP contribution in [-0.4, -0.2) is 72.7 Å². The van der Waals surface area contributed by atoms with E-state index in [-0.39, 0.29) is 6.04 Å². The fourth-order valence-electron chi connectivity index (χ4n) is 2.65. The minimum absolute atomic E-state index is 0.206. The smallest absolute Gasteiger partial charge is 0.320 e. The molecule has 112 valence electrons. The number of nitrogens with zero attached hydrogens (tertiary/aromatic N) is 2. The van der Waals surface area contributed by atoms with E-state index in [1.54, 1.807) is 0 Å². The third-order valence-corrected chi connectivity index (χ3v) is 3.78. The van der Waals surface area contributed by atoms with Crippen molar-refractivity contribution in [3.05, 3.63) is 0 Å². The minimum atomic E-state index is -0.741. The Morgan fingerprint density at radius 2 is 2.16 bits per heavy atom. The third kappa shape index (κ3) is 5.89. The molecule has 5 nitrogen and oxygen atoms in total. The number of carbonyl (C=O) groups is 1. The summed E-state index contributed by atoms with van der Waals surface area (Å²) in [6.07, 6.45) is 3.13. The van der Waals surface area contributed by atoms with Crippen LogP contribution in [0.1, 0.15) is 33.1 Å². The molecule has 2 N–H and O–H groups in total. The number of piperidine rings is 1. The molecule has 2 unspecified atom stereocenters. The van der Waals surface area contributed by atoms with Crippen molar-refractivity contribution in [3.8, 4) is 0 Å². The second-order valence-corrected chi connectivity index (χ2v) is 6.06. The first-order valence-corrected chi connectivity index (χ1v) is 7.27. The van der Waals surface area contributed by atoms with Crippen molar-refractivity contribution < 1.29 is 9.90 Å². The molecular weight excluding hydrogens is 242 g/mol. The molecule has 1 fully saturated rings. The van der Waals surface area contributed by atoms with Crippen molar-refractivity contribution in [1.29, 1.82) is 0 Å². The molecule has 1 saturated heterocycles. The van der Waals surface area contributed by atoms with Crippen molar-refractivity contribution in [2.24, 2.45) is 0 Å². The van der Waals surface area contributed by atoms with Crippen LogP contribution in [0.4, 0.5) is 0 Å². The highest BCUT2D eigenvalue weighted by atomic mass is 16.4. The highest BCUT2D eigenvalue weighted by Crippen LogP contribution is 2.14. The molecule has 19 heavy (non-hydrogen) atoms. The molecular formula is C14H29N3O2. The first kappa shape index (κ1) is 16.4. The molecule has 1 aliphatic heterocycles. The fraction of sp³-hybridized carbons (Fsp3) is 0.929. The van der Waals surface area contributed by atoms with E-state index in [2.05, 4.69) is 29.2 Å². The Hall–Kier alpha value is -0.650. The number of nitrogens with one attached hydrogen (secondary N) is 1. The van der Waals surface area contributed by atoms with Crippen LogP contribution < -0.4 is 5.32 Å². The minimum Gasteiger partial charge on any atom is -0.480 e. The summed E-state index contributed by atoms with van der Waals surface area (Å²) >= 11 is 0. The highest BCUT2D eigenvalue weighted by Gasteiger charge is 2.24. The molecule has 0 amide bonds. The standard InChI is InChI=1S/C14H29N3O2/c1-11(2)15-13(14(18)19)7-9-17-8-5-6-12(10-17)16(3)4/h11-13,15H,5-10H2,1-4H3,(H,18,19). The molecule has 0 aromatic heterocycles. The van der Waals surface area contributed by atoms with Gasteiger partial charge in [-0.05, 0) is 39.9 Å². The second-order valence-electron chi connectivity index (χ2n) is 6.06. The summed E-state index contributed by atoms with van der Waals surface area (Å²) in [7, 11) is 4.24. The van der Waals surface area contributed by atoms with Gasteiger partial charge < -0.3 is 20.2 Å². The Bertz CT molecular complexity index is 282. The maximum Gasteiger partial charge on any atom is 0.320 e. The second kappa shape index (κ2) is 7.82. The van der Waals surface area contributed by atoms with Crippen LogP contribution in [-0.2, 0) is 4.79 Å². The Balaban J connectivity index is 2.39. The van der Waals surface area contributed by atoms with Gasteiger partial charge in [0.2, 0.25) is 0 Å². The summed E-state index contributed by atoms with van der Waals surface area (Å²) in [6, 6.07) is 0.381. The first-order valence-electron chi connectivity index (χ1n) is 7.27. The summed E-state index contributed by atoms with van der Waals surface area (Å²) < 4.78 is 0. The quantitative estimate of drug-likeness (QED) is 0.719. The lowest BCUT2D eigenvalue weighted by atomic mass is 10.0. The van der Waals surface area contributed by atoms with Crippen LogP contribution in [0.2, 0.25) is 0 Å². The zero-order valence-corrected chi connectivity index (χ0v) is 12.7. The summed E-state index contributed by atoms with van der Waals surface area (Å²) in [5, 5.41) is 12.3. The van der Waals surface area contributed by atoms with Crippen LogP contribution in [0, 0.1) is 0 Å². The van der Waals surface area contributed by atoms with E-state index in [4.69, 9.17) is 0 Å². The first-order chi connectivity index (χ1) is 8.90. The molecule has 0 aliphatic carbocycles. The number of hydrogen-bond acceptors (Lipinski definition) is 4. The molecule has 0 saturated carbocycles. The average molecular weight is 271 g/mol. The van der Waals surface area contributed by atoms with Gasteiger partial charge in [0.15, 0.2) is 0 Å². The van der Waals surface area contributed by atoms with Crippen LogP contribution in [0.15, 0.2) is 0 Å². The van der Waals surface area contributed by atoms with Crippen molar-refractivity contribution in [3.63, 3.8) is 0 Å². The Morgan fingerprint density at radius 3 is 2.68 bits per heavy atom. The summed E-state index contributed by atoms with van der Waals surface area (Å²) in [6.45, 7) is 6.98. The number of rotatable bonds is 7. The molecule has 0 aromatic rings. The average Bonchev–Trinajstić information content (AvgIpc) is 2.34. The fourth-order valence-corrected chi connectivity index (χ4v) is 2.65. The Labute approximate surface area is 117 Å². The van der Waals surface area contributed by atoms with Gasteiger partial charge in [-0.1, -0.05) is 13.8 Å². The monoisotopic (exact) mass is 271 g/mol. The normalized spacial score (nSPS) is 22.9. The van der Waals surface area contributed by atoms with Gasteiger partial charge in [0.25, 0.3) is 0 Å². The van der Waals surface area contributed by atoms with E-state index < -0.39 is 12.0 Å². The number of carboxylic acid groups (broad SMARTS) is 1. The van der Waals surface area contributed by atoms with Gasteiger partial charge in [0, 0.05) is 25.2 Å². The largest absolute Gasteiger partial charge is 0.480 e. The van der Waals surface area contributed by atoms with E-state index in [9.17, 15) is 9.90 Å². The van der Waals surface area contributed by atoms with Crippen LogP contribution in [0.25, 0.3) is 0 Å². The van der Waals surface area contributed by atoms with Crippen LogP contribution in [0.3, 0.4) is 0 Å². The number of hydrogen-bond donors (Lipinski definition) is 2. The van der Waals surface area contributed by atoms with Crippen molar-refractivity contribution in [1.82, 2.24) is 15.1 Å². The predicted molar refractivity (Wildman–Crippen MR) is 77.5 cm³/mol. The van der Waals surface area contributed by atoms with E-state index in [1.807, 2.05) is 13.8 Å².